The predicted molar refractivity (Wildman–Crippen MR) is 117 cm³/mol. The topological polar surface area (TPSA) is 89.3 Å². The second-order valence-corrected chi connectivity index (χ2v) is 8.00. The Hall–Kier alpha value is -3.32. The molecular formula is C23H21ClN4O3. The number of carbonyl (C=O) groups is 1. The molecule has 2 heterocycles. The summed E-state index contributed by atoms with van der Waals surface area (Å²) in [5.74, 6) is 1.65. The number of phenols is 1. The van der Waals surface area contributed by atoms with Gasteiger partial charge in [-0.1, -0.05) is 17.7 Å². The maximum Gasteiger partial charge on any atom is 0.226 e. The van der Waals surface area contributed by atoms with Gasteiger partial charge >= 0.3 is 0 Å². The van der Waals surface area contributed by atoms with E-state index in [9.17, 15) is 9.90 Å². The fourth-order valence-electron chi connectivity index (χ4n) is 4.16. The number of nitrogens with zero attached hydrogens (tertiary/aromatic N) is 3. The van der Waals surface area contributed by atoms with Crippen LogP contribution in [0.5, 0.6) is 11.5 Å². The number of fused-ring (bicyclic) bond motifs is 1. The van der Waals surface area contributed by atoms with E-state index >= 15 is 0 Å². The highest BCUT2D eigenvalue weighted by molar-refractivity contribution is 6.30. The van der Waals surface area contributed by atoms with Crippen molar-refractivity contribution in [3.05, 3.63) is 64.3 Å². The zero-order valence-electron chi connectivity index (χ0n) is 16.9. The summed E-state index contributed by atoms with van der Waals surface area (Å²) in [6.07, 6.45) is 2.08. The third-order valence-electron chi connectivity index (χ3n) is 5.57. The monoisotopic (exact) mass is 436 g/mol. The first kappa shape index (κ1) is 19.6. The summed E-state index contributed by atoms with van der Waals surface area (Å²) in [6, 6.07) is 12.0. The summed E-state index contributed by atoms with van der Waals surface area (Å²) in [6.45, 7) is 2.28. The third-order valence-corrected chi connectivity index (χ3v) is 5.82. The summed E-state index contributed by atoms with van der Waals surface area (Å²) < 4.78 is 7.32. The van der Waals surface area contributed by atoms with Gasteiger partial charge in [-0.15, -0.1) is 5.10 Å². The zero-order valence-corrected chi connectivity index (χ0v) is 17.7. The molecule has 8 heteroatoms. The van der Waals surface area contributed by atoms with Gasteiger partial charge < -0.3 is 15.2 Å². The van der Waals surface area contributed by atoms with Gasteiger partial charge in [0.05, 0.1) is 6.61 Å². The lowest BCUT2D eigenvalue weighted by molar-refractivity contribution is -0.116. The Kier molecular flexibility index (Phi) is 4.90. The van der Waals surface area contributed by atoms with Crippen LogP contribution >= 0.6 is 11.6 Å². The summed E-state index contributed by atoms with van der Waals surface area (Å²) in [4.78, 5) is 17.6. The Morgan fingerprint density at radius 1 is 1.23 bits per heavy atom. The normalized spacial score (nSPS) is 17.7. The van der Waals surface area contributed by atoms with E-state index in [-0.39, 0.29) is 11.5 Å². The molecule has 1 unspecified atom stereocenters. The first-order valence-corrected chi connectivity index (χ1v) is 10.6. The van der Waals surface area contributed by atoms with Crippen molar-refractivity contribution < 1.29 is 14.6 Å². The van der Waals surface area contributed by atoms with E-state index in [2.05, 4.69) is 5.32 Å². The first-order chi connectivity index (χ1) is 15.0. The lowest BCUT2D eigenvalue weighted by Gasteiger charge is -2.32. The van der Waals surface area contributed by atoms with Gasteiger partial charge in [-0.3, -0.25) is 4.79 Å². The lowest BCUT2D eigenvalue weighted by Crippen LogP contribution is -2.31. The van der Waals surface area contributed by atoms with E-state index in [4.69, 9.17) is 26.4 Å². The highest BCUT2D eigenvalue weighted by Gasteiger charge is 2.37. The van der Waals surface area contributed by atoms with Crippen molar-refractivity contribution in [1.29, 1.82) is 0 Å². The van der Waals surface area contributed by atoms with Crippen molar-refractivity contribution in [3.8, 4) is 22.9 Å². The molecule has 0 fully saturated rings. The number of ketones is 1. The average Bonchev–Trinajstić information content (AvgIpc) is 3.18. The highest BCUT2D eigenvalue weighted by atomic mass is 35.5. The van der Waals surface area contributed by atoms with Gasteiger partial charge in [0.2, 0.25) is 5.95 Å². The number of phenolic OH excluding ortho intramolecular Hbond substituents is 1. The number of aromatic nitrogens is 3. The molecule has 0 amide bonds. The minimum atomic E-state index is -0.451. The molecule has 0 saturated carbocycles. The molecule has 0 bridgehead atoms. The molecule has 0 saturated heterocycles. The molecule has 2 aliphatic rings. The number of halogens is 1. The summed E-state index contributed by atoms with van der Waals surface area (Å²) in [5, 5.41) is 18.9. The maximum atomic E-state index is 13.0. The number of aromatic hydroxyl groups is 1. The van der Waals surface area contributed by atoms with Crippen molar-refractivity contribution in [2.24, 2.45) is 0 Å². The SMILES string of the molecule is CCOc1cc(C2C3=C(CCCC3=O)Nc3nc(-c4ccc(Cl)cc4)nn32)ccc1O. The van der Waals surface area contributed by atoms with Crippen LogP contribution < -0.4 is 10.1 Å². The molecule has 158 valence electrons. The number of nitrogens with one attached hydrogen (secondary N) is 1. The Bertz CT molecular complexity index is 1200. The lowest BCUT2D eigenvalue weighted by atomic mass is 9.85. The predicted octanol–water partition coefficient (Wildman–Crippen LogP) is 4.72. The molecule has 1 aliphatic heterocycles. The summed E-state index contributed by atoms with van der Waals surface area (Å²) >= 11 is 6.02. The Labute approximate surface area is 184 Å². The second-order valence-electron chi connectivity index (χ2n) is 7.57. The van der Waals surface area contributed by atoms with Crippen LogP contribution in [0.3, 0.4) is 0 Å². The summed E-state index contributed by atoms with van der Waals surface area (Å²) in [7, 11) is 0. The van der Waals surface area contributed by atoms with Crippen LogP contribution in [-0.4, -0.2) is 32.3 Å². The zero-order chi connectivity index (χ0) is 21.5. The van der Waals surface area contributed by atoms with Crippen molar-refractivity contribution in [2.75, 3.05) is 11.9 Å². The van der Waals surface area contributed by atoms with Crippen molar-refractivity contribution in [3.63, 3.8) is 0 Å². The van der Waals surface area contributed by atoms with E-state index in [0.717, 1.165) is 29.7 Å². The van der Waals surface area contributed by atoms with E-state index in [1.807, 2.05) is 19.1 Å². The molecule has 1 aromatic heterocycles. The molecular weight excluding hydrogens is 416 g/mol. The number of hydrogen-bond acceptors (Lipinski definition) is 6. The molecule has 3 aromatic rings. The van der Waals surface area contributed by atoms with E-state index in [0.29, 0.717) is 41.1 Å². The van der Waals surface area contributed by atoms with Gasteiger partial charge in [-0.05, 0) is 61.7 Å². The smallest absolute Gasteiger partial charge is 0.226 e. The van der Waals surface area contributed by atoms with E-state index < -0.39 is 6.04 Å². The largest absolute Gasteiger partial charge is 0.504 e. The molecule has 0 spiro atoms. The number of anilines is 1. The van der Waals surface area contributed by atoms with Crippen LogP contribution in [0.2, 0.25) is 5.02 Å². The Balaban J connectivity index is 1.66. The fourth-order valence-corrected chi connectivity index (χ4v) is 4.28. The maximum absolute atomic E-state index is 13.0. The minimum absolute atomic E-state index is 0.0596. The summed E-state index contributed by atoms with van der Waals surface area (Å²) in [5.41, 5.74) is 3.21. The van der Waals surface area contributed by atoms with Crippen molar-refractivity contribution in [1.82, 2.24) is 14.8 Å². The molecule has 2 N–H and O–H groups in total. The third kappa shape index (κ3) is 3.45. The molecule has 1 atom stereocenters. The number of hydrogen-bond donors (Lipinski definition) is 2. The molecule has 5 rings (SSSR count). The molecule has 31 heavy (non-hydrogen) atoms. The van der Waals surface area contributed by atoms with Crippen LogP contribution in [-0.2, 0) is 4.79 Å². The number of ether oxygens (including phenoxy) is 1. The van der Waals surface area contributed by atoms with E-state index in [1.54, 1.807) is 35.0 Å². The van der Waals surface area contributed by atoms with Gasteiger partial charge in [-0.25, -0.2) is 4.68 Å². The average molecular weight is 437 g/mol. The van der Waals surface area contributed by atoms with Gasteiger partial charge in [-0.2, -0.15) is 4.98 Å². The van der Waals surface area contributed by atoms with E-state index in [1.165, 1.54) is 0 Å². The first-order valence-electron chi connectivity index (χ1n) is 10.3. The van der Waals surface area contributed by atoms with Crippen LogP contribution in [0.1, 0.15) is 37.8 Å². The standard InChI is InChI=1S/C23H21ClN4O3/c1-2-31-19-12-14(8-11-17(19)29)21-20-16(4-3-5-18(20)30)25-23-26-22(27-28(21)23)13-6-9-15(24)10-7-13/h6-12,21,29H,2-5H2,1H3,(H,25,26,27). The fraction of sp³-hybridized carbons (Fsp3) is 0.261. The molecule has 2 aromatic carbocycles. The van der Waals surface area contributed by atoms with Crippen molar-refractivity contribution >= 4 is 23.3 Å². The molecule has 0 radical (unpaired) electrons. The van der Waals surface area contributed by atoms with Crippen LogP contribution in [0, 0.1) is 0 Å². The van der Waals surface area contributed by atoms with Gasteiger partial charge in [0.25, 0.3) is 0 Å². The highest BCUT2D eigenvalue weighted by Crippen LogP contribution is 2.42. The minimum Gasteiger partial charge on any atom is -0.504 e. The molecule has 1 aliphatic carbocycles. The van der Waals surface area contributed by atoms with Gasteiger partial charge in [0, 0.05) is 28.3 Å². The number of carbonyl (C=O) groups excluding carboxylic acids is 1. The molecule has 7 nitrogen and oxygen atoms in total. The van der Waals surface area contributed by atoms with Gasteiger partial charge in [0.1, 0.15) is 6.04 Å². The number of Topliss-reactive ketones (excluding diaryl/α,β-unsaturated/α-hetero) is 1. The quantitative estimate of drug-likeness (QED) is 0.614. The van der Waals surface area contributed by atoms with Crippen LogP contribution in [0.25, 0.3) is 11.4 Å². The second kappa shape index (κ2) is 7.74. The van der Waals surface area contributed by atoms with Gasteiger partial charge in [0.15, 0.2) is 23.1 Å². The Morgan fingerprint density at radius 3 is 2.81 bits per heavy atom. The number of allylic oxidation sites excluding steroid dienone is 2. The van der Waals surface area contributed by atoms with Crippen LogP contribution in [0.15, 0.2) is 53.7 Å². The Morgan fingerprint density at radius 2 is 2.03 bits per heavy atom. The number of rotatable bonds is 4. The van der Waals surface area contributed by atoms with Crippen molar-refractivity contribution in [2.45, 2.75) is 32.2 Å². The number of benzene rings is 2. The van der Waals surface area contributed by atoms with Crippen LogP contribution in [0.4, 0.5) is 5.95 Å².